The second-order valence-electron chi connectivity index (χ2n) is 4.44. The zero-order valence-electron chi connectivity index (χ0n) is 11.0. The van der Waals surface area contributed by atoms with Gasteiger partial charge in [0.15, 0.2) is 0 Å². The number of likely N-dealkylation sites (N-methyl/N-ethyl adjacent to an activating group) is 1. The summed E-state index contributed by atoms with van der Waals surface area (Å²) < 4.78 is 15.7. The van der Waals surface area contributed by atoms with E-state index in [1.54, 1.807) is 22.9 Å². The SMILES string of the molecule is CCNC(Cc1cccc(Cl)c1F)c1ccn(C)n1. The molecule has 0 aliphatic rings. The fourth-order valence-electron chi connectivity index (χ4n) is 2.07. The van der Waals surface area contributed by atoms with Crippen LogP contribution in [0.5, 0.6) is 0 Å². The van der Waals surface area contributed by atoms with Crippen molar-refractivity contribution in [3.63, 3.8) is 0 Å². The van der Waals surface area contributed by atoms with Crippen LogP contribution in [-0.2, 0) is 13.5 Å². The van der Waals surface area contributed by atoms with Gasteiger partial charge in [-0.3, -0.25) is 4.68 Å². The molecule has 0 aliphatic heterocycles. The van der Waals surface area contributed by atoms with Crippen molar-refractivity contribution in [2.24, 2.45) is 7.05 Å². The Kier molecular flexibility index (Phi) is 4.56. The quantitative estimate of drug-likeness (QED) is 0.913. The van der Waals surface area contributed by atoms with E-state index in [0.717, 1.165) is 12.2 Å². The fraction of sp³-hybridized carbons (Fsp3) is 0.357. The lowest BCUT2D eigenvalue weighted by molar-refractivity contribution is 0.511. The second kappa shape index (κ2) is 6.17. The van der Waals surface area contributed by atoms with Crippen LogP contribution in [0.25, 0.3) is 0 Å². The number of nitrogens with one attached hydrogen (secondary N) is 1. The van der Waals surface area contributed by atoms with Gasteiger partial charge in [0, 0.05) is 13.2 Å². The molecule has 1 N–H and O–H groups in total. The third kappa shape index (κ3) is 3.33. The van der Waals surface area contributed by atoms with Crippen molar-refractivity contribution in [1.29, 1.82) is 0 Å². The minimum absolute atomic E-state index is 0.0147. The lowest BCUT2D eigenvalue weighted by Crippen LogP contribution is -2.24. The number of aryl methyl sites for hydroxylation is 1. The summed E-state index contributed by atoms with van der Waals surface area (Å²) in [5.41, 5.74) is 1.51. The Morgan fingerprint density at radius 2 is 2.21 bits per heavy atom. The van der Waals surface area contributed by atoms with E-state index in [2.05, 4.69) is 10.4 Å². The van der Waals surface area contributed by atoms with Crippen LogP contribution in [0, 0.1) is 5.82 Å². The summed E-state index contributed by atoms with van der Waals surface area (Å²) >= 11 is 5.81. The predicted molar refractivity (Wildman–Crippen MR) is 74.7 cm³/mol. The highest BCUT2D eigenvalue weighted by atomic mass is 35.5. The van der Waals surface area contributed by atoms with E-state index in [1.807, 2.05) is 26.2 Å². The Morgan fingerprint density at radius 1 is 1.42 bits per heavy atom. The van der Waals surface area contributed by atoms with Crippen LogP contribution in [0.3, 0.4) is 0 Å². The van der Waals surface area contributed by atoms with Crippen LogP contribution in [0.15, 0.2) is 30.5 Å². The third-order valence-electron chi connectivity index (χ3n) is 3.00. The molecule has 3 nitrogen and oxygen atoms in total. The molecule has 19 heavy (non-hydrogen) atoms. The van der Waals surface area contributed by atoms with Crippen LogP contribution >= 0.6 is 11.6 Å². The van der Waals surface area contributed by atoms with Gasteiger partial charge in [-0.05, 0) is 30.7 Å². The number of nitrogens with zero attached hydrogens (tertiary/aromatic N) is 2. The molecular weight excluding hydrogens is 265 g/mol. The van der Waals surface area contributed by atoms with Crippen molar-refractivity contribution in [2.75, 3.05) is 6.54 Å². The largest absolute Gasteiger partial charge is 0.309 e. The third-order valence-corrected chi connectivity index (χ3v) is 3.29. The molecule has 5 heteroatoms. The van der Waals surface area contributed by atoms with Crippen LogP contribution in [0.2, 0.25) is 5.02 Å². The van der Waals surface area contributed by atoms with Crippen LogP contribution in [-0.4, -0.2) is 16.3 Å². The zero-order chi connectivity index (χ0) is 13.8. The van der Waals surface area contributed by atoms with Crippen LogP contribution in [0.1, 0.15) is 24.2 Å². The van der Waals surface area contributed by atoms with Gasteiger partial charge in [-0.1, -0.05) is 30.7 Å². The predicted octanol–water partition coefficient (Wildman–Crippen LogP) is 3.11. The van der Waals surface area contributed by atoms with Gasteiger partial charge in [0.1, 0.15) is 5.82 Å². The fourth-order valence-corrected chi connectivity index (χ4v) is 2.27. The molecule has 0 saturated carbocycles. The summed E-state index contributed by atoms with van der Waals surface area (Å²) in [6.45, 7) is 2.81. The lowest BCUT2D eigenvalue weighted by atomic mass is 10.0. The smallest absolute Gasteiger partial charge is 0.145 e. The van der Waals surface area contributed by atoms with Gasteiger partial charge in [0.05, 0.1) is 16.8 Å². The maximum Gasteiger partial charge on any atom is 0.145 e. The van der Waals surface area contributed by atoms with Gasteiger partial charge in [0.25, 0.3) is 0 Å². The monoisotopic (exact) mass is 281 g/mol. The van der Waals surface area contributed by atoms with Gasteiger partial charge < -0.3 is 5.32 Å². The van der Waals surface area contributed by atoms with Gasteiger partial charge in [-0.15, -0.1) is 0 Å². The molecule has 0 aliphatic carbocycles. The van der Waals surface area contributed by atoms with Crippen molar-refractivity contribution in [1.82, 2.24) is 15.1 Å². The molecule has 2 aromatic rings. The lowest BCUT2D eigenvalue weighted by Gasteiger charge is -2.16. The normalized spacial score (nSPS) is 12.6. The second-order valence-corrected chi connectivity index (χ2v) is 4.85. The standard InChI is InChI=1S/C14H17ClFN3/c1-3-17-13(12-7-8-19(2)18-12)9-10-5-4-6-11(15)14(10)16/h4-8,13,17H,3,9H2,1-2H3. The molecule has 1 aromatic heterocycles. The minimum Gasteiger partial charge on any atom is -0.309 e. The van der Waals surface area contributed by atoms with Gasteiger partial charge >= 0.3 is 0 Å². The van der Waals surface area contributed by atoms with Gasteiger partial charge in [-0.25, -0.2) is 4.39 Å². The highest BCUT2D eigenvalue weighted by Crippen LogP contribution is 2.23. The van der Waals surface area contributed by atoms with E-state index in [0.29, 0.717) is 12.0 Å². The molecule has 1 atom stereocenters. The number of rotatable bonds is 5. The molecule has 0 saturated heterocycles. The molecule has 0 amide bonds. The molecule has 1 heterocycles. The maximum absolute atomic E-state index is 13.9. The highest BCUT2D eigenvalue weighted by molar-refractivity contribution is 6.30. The number of halogens is 2. The molecule has 0 radical (unpaired) electrons. The minimum atomic E-state index is -0.344. The van der Waals surface area contributed by atoms with E-state index in [1.165, 1.54) is 0 Å². The van der Waals surface area contributed by atoms with Crippen molar-refractivity contribution >= 4 is 11.6 Å². The number of hydrogen-bond donors (Lipinski definition) is 1. The van der Waals surface area contributed by atoms with E-state index in [9.17, 15) is 4.39 Å². The van der Waals surface area contributed by atoms with E-state index in [-0.39, 0.29) is 16.9 Å². The number of hydrogen-bond acceptors (Lipinski definition) is 2. The summed E-state index contributed by atoms with van der Waals surface area (Å²) in [7, 11) is 1.87. The summed E-state index contributed by atoms with van der Waals surface area (Å²) in [6.07, 6.45) is 2.41. The first-order valence-electron chi connectivity index (χ1n) is 6.27. The molecule has 1 unspecified atom stereocenters. The Labute approximate surface area is 117 Å². The summed E-state index contributed by atoms with van der Waals surface area (Å²) in [4.78, 5) is 0. The summed E-state index contributed by atoms with van der Waals surface area (Å²) in [5, 5.41) is 7.86. The van der Waals surface area contributed by atoms with Crippen LogP contribution < -0.4 is 5.32 Å². The highest BCUT2D eigenvalue weighted by Gasteiger charge is 2.16. The Morgan fingerprint density at radius 3 is 2.84 bits per heavy atom. The molecule has 0 fully saturated rings. The molecule has 102 valence electrons. The topological polar surface area (TPSA) is 29.9 Å². The van der Waals surface area contributed by atoms with Gasteiger partial charge in [0.2, 0.25) is 0 Å². The maximum atomic E-state index is 13.9. The Balaban J connectivity index is 2.23. The first kappa shape index (κ1) is 14.0. The van der Waals surface area contributed by atoms with Crippen LogP contribution in [0.4, 0.5) is 4.39 Å². The van der Waals surface area contributed by atoms with E-state index in [4.69, 9.17) is 11.6 Å². The number of benzene rings is 1. The average molecular weight is 282 g/mol. The zero-order valence-corrected chi connectivity index (χ0v) is 11.8. The summed E-state index contributed by atoms with van der Waals surface area (Å²) in [5.74, 6) is -0.344. The molecule has 1 aromatic carbocycles. The average Bonchev–Trinajstić information content (AvgIpc) is 2.81. The van der Waals surface area contributed by atoms with E-state index >= 15 is 0 Å². The van der Waals surface area contributed by atoms with Crippen molar-refractivity contribution < 1.29 is 4.39 Å². The van der Waals surface area contributed by atoms with E-state index < -0.39 is 0 Å². The molecule has 0 spiro atoms. The molecule has 0 bridgehead atoms. The van der Waals surface area contributed by atoms with Gasteiger partial charge in [-0.2, -0.15) is 5.10 Å². The molecule has 2 rings (SSSR count). The first-order valence-corrected chi connectivity index (χ1v) is 6.65. The summed E-state index contributed by atoms with van der Waals surface area (Å²) in [6, 6.07) is 7.01. The van der Waals surface area contributed by atoms with Crippen molar-refractivity contribution in [3.8, 4) is 0 Å². The van der Waals surface area contributed by atoms with Crippen molar-refractivity contribution in [2.45, 2.75) is 19.4 Å². The molecular formula is C14H17ClFN3. The Bertz CT molecular complexity index is 553. The number of aromatic nitrogens is 2. The first-order chi connectivity index (χ1) is 9.11. The Hall–Kier alpha value is -1.39. The van der Waals surface area contributed by atoms with Crippen molar-refractivity contribution in [3.05, 3.63) is 52.6 Å².